The molecule has 0 amide bonds. The number of nitrogens with one attached hydrogen (secondary N) is 1. The number of hydrogen-bond acceptors (Lipinski definition) is 3. The van der Waals surface area contributed by atoms with E-state index in [2.05, 4.69) is 58.4 Å². The number of halogens is 1. The summed E-state index contributed by atoms with van der Waals surface area (Å²) in [6, 6.07) is 2.66. The van der Waals surface area contributed by atoms with E-state index in [-0.39, 0.29) is 5.54 Å². The molecule has 0 aromatic carbocycles. The van der Waals surface area contributed by atoms with Gasteiger partial charge in [-0.15, -0.1) is 11.3 Å². The quantitative estimate of drug-likeness (QED) is 0.841. The SMILES string of the molecule is CCNC(Cc1sccc1Br)C(C)(C)N1CCCC1. The normalized spacial score (nSPS) is 18.9. The lowest BCUT2D eigenvalue weighted by molar-refractivity contribution is 0.107. The van der Waals surface area contributed by atoms with Gasteiger partial charge in [-0.1, -0.05) is 6.92 Å². The van der Waals surface area contributed by atoms with Crippen molar-refractivity contribution in [3.05, 3.63) is 20.8 Å². The van der Waals surface area contributed by atoms with E-state index in [1.807, 2.05) is 11.3 Å². The fraction of sp³-hybridized carbons (Fsp3) is 0.733. The summed E-state index contributed by atoms with van der Waals surface area (Å²) in [4.78, 5) is 4.11. The molecule has 1 fully saturated rings. The number of thiophene rings is 1. The molecule has 0 radical (unpaired) electrons. The highest BCUT2D eigenvalue weighted by Crippen LogP contribution is 2.30. The maximum atomic E-state index is 3.71. The number of likely N-dealkylation sites (N-methyl/N-ethyl adjacent to an activating group) is 1. The van der Waals surface area contributed by atoms with Crippen molar-refractivity contribution in [1.82, 2.24) is 10.2 Å². The van der Waals surface area contributed by atoms with Crippen molar-refractivity contribution in [1.29, 1.82) is 0 Å². The van der Waals surface area contributed by atoms with Gasteiger partial charge < -0.3 is 5.32 Å². The molecule has 2 heterocycles. The molecule has 0 bridgehead atoms. The number of rotatable bonds is 6. The minimum atomic E-state index is 0.218. The Labute approximate surface area is 129 Å². The Morgan fingerprint density at radius 3 is 2.63 bits per heavy atom. The molecule has 1 unspecified atom stereocenters. The summed E-state index contributed by atoms with van der Waals surface area (Å²) in [6.45, 7) is 10.5. The van der Waals surface area contributed by atoms with E-state index in [1.54, 1.807) is 0 Å². The monoisotopic (exact) mass is 344 g/mol. The van der Waals surface area contributed by atoms with Crippen LogP contribution in [0.5, 0.6) is 0 Å². The number of likely N-dealkylation sites (tertiary alicyclic amines) is 1. The molecule has 1 aromatic heterocycles. The zero-order valence-electron chi connectivity index (χ0n) is 12.2. The summed E-state index contributed by atoms with van der Waals surface area (Å²) in [6.07, 6.45) is 3.81. The second-order valence-electron chi connectivity index (χ2n) is 5.85. The van der Waals surface area contributed by atoms with Crippen LogP contribution in [0.3, 0.4) is 0 Å². The molecule has 1 atom stereocenters. The molecule has 4 heteroatoms. The fourth-order valence-electron chi connectivity index (χ4n) is 2.99. The van der Waals surface area contributed by atoms with Crippen LogP contribution in [0.1, 0.15) is 38.5 Å². The Balaban J connectivity index is 2.12. The predicted molar refractivity (Wildman–Crippen MR) is 88.1 cm³/mol. The van der Waals surface area contributed by atoms with Crippen molar-refractivity contribution < 1.29 is 0 Å². The molecule has 2 rings (SSSR count). The van der Waals surface area contributed by atoms with Gasteiger partial charge in [-0.05, 0) is 80.1 Å². The first-order valence-corrected chi connectivity index (χ1v) is 8.93. The van der Waals surface area contributed by atoms with Crippen molar-refractivity contribution in [3.8, 4) is 0 Å². The summed E-state index contributed by atoms with van der Waals surface area (Å²) >= 11 is 5.52. The van der Waals surface area contributed by atoms with Crippen LogP contribution in [-0.4, -0.2) is 36.1 Å². The van der Waals surface area contributed by atoms with Gasteiger partial charge in [0.05, 0.1) is 0 Å². The molecule has 0 saturated carbocycles. The smallest absolute Gasteiger partial charge is 0.0314 e. The van der Waals surface area contributed by atoms with E-state index < -0.39 is 0 Å². The molecule has 1 saturated heterocycles. The summed E-state index contributed by atoms with van der Waals surface area (Å²) in [5.41, 5.74) is 0.218. The maximum absolute atomic E-state index is 3.71. The van der Waals surface area contributed by atoms with Crippen molar-refractivity contribution in [2.75, 3.05) is 19.6 Å². The van der Waals surface area contributed by atoms with Crippen molar-refractivity contribution >= 4 is 27.3 Å². The van der Waals surface area contributed by atoms with Gasteiger partial charge in [0.15, 0.2) is 0 Å². The van der Waals surface area contributed by atoms with Gasteiger partial charge in [0.2, 0.25) is 0 Å². The molecule has 0 aliphatic carbocycles. The van der Waals surface area contributed by atoms with Gasteiger partial charge in [-0.2, -0.15) is 0 Å². The highest BCUT2D eigenvalue weighted by Gasteiger charge is 2.36. The Morgan fingerprint density at radius 1 is 1.42 bits per heavy atom. The Kier molecular flexibility index (Phi) is 5.46. The molecule has 1 aliphatic heterocycles. The maximum Gasteiger partial charge on any atom is 0.0314 e. The summed E-state index contributed by atoms with van der Waals surface area (Å²) in [5, 5.41) is 5.88. The summed E-state index contributed by atoms with van der Waals surface area (Å²) in [5.74, 6) is 0. The average molecular weight is 345 g/mol. The molecule has 1 N–H and O–H groups in total. The molecule has 19 heavy (non-hydrogen) atoms. The Morgan fingerprint density at radius 2 is 2.11 bits per heavy atom. The van der Waals surface area contributed by atoms with Gasteiger partial charge in [0.1, 0.15) is 0 Å². The van der Waals surface area contributed by atoms with E-state index in [9.17, 15) is 0 Å². The zero-order valence-corrected chi connectivity index (χ0v) is 14.6. The molecule has 1 aliphatic rings. The van der Waals surface area contributed by atoms with Crippen LogP contribution in [0, 0.1) is 0 Å². The van der Waals surface area contributed by atoms with Gasteiger partial charge in [0, 0.05) is 20.9 Å². The molecular weight excluding hydrogens is 320 g/mol. The topological polar surface area (TPSA) is 15.3 Å². The largest absolute Gasteiger partial charge is 0.312 e. The Hall–Kier alpha value is 0.1000. The van der Waals surface area contributed by atoms with Gasteiger partial charge in [0.25, 0.3) is 0 Å². The van der Waals surface area contributed by atoms with Crippen LogP contribution in [0.25, 0.3) is 0 Å². The van der Waals surface area contributed by atoms with Crippen LogP contribution in [0.4, 0.5) is 0 Å². The molecule has 2 nitrogen and oxygen atoms in total. The lowest BCUT2D eigenvalue weighted by Gasteiger charge is -2.42. The number of nitrogens with zero attached hydrogens (tertiary/aromatic N) is 1. The first kappa shape index (κ1) is 15.5. The third kappa shape index (κ3) is 3.60. The molecule has 1 aromatic rings. The van der Waals surface area contributed by atoms with Crippen LogP contribution >= 0.6 is 27.3 Å². The van der Waals surface area contributed by atoms with E-state index in [1.165, 1.54) is 35.3 Å². The predicted octanol–water partition coefficient (Wildman–Crippen LogP) is 3.91. The minimum Gasteiger partial charge on any atom is -0.312 e. The lowest BCUT2D eigenvalue weighted by Crippen LogP contribution is -2.57. The summed E-state index contributed by atoms with van der Waals surface area (Å²) < 4.78 is 1.26. The second-order valence-corrected chi connectivity index (χ2v) is 7.71. The highest BCUT2D eigenvalue weighted by atomic mass is 79.9. The van der Waals surface area contributed by atoms with Gasteiger partial charge >= 0.3 is 0 Å². The first-order valence-electron chi connectivity index (χ1n) is 7.26. The van der Waals surface area contributed by atoms with Crippen LogP contribution < -0.4 is 5.32 Å². The van der Waals surface area contributed by atoms with Gasteiger partial charge in [-0.3, -0.25) is 4.90 Å². The van der Waals surface area contributed by atoms with Gasteiger partial charge in [-0.25, -0.2) is 0 Å². The molecule has 108 valence electrons. The van der Waals surface area contributed by atoms with E-state index in [0.717, 1.165) is 13.0 Å². The third-order valence-corrected chi connectivity index (χ3v) is 6.25. The minimum absolute atomic E-state index is 0.218. The molecule has 0 spiro atoms. The van der Waals surface area contributed by atoms with Crippen LogP contribution in [0.2, 0.25) is 0 Å². The number of hydrogen-bond donors (Lipinski definition) is 1. The standard InChI is InChI=1S/C15H25BrN2S/c1-4-17-14(11-13-12(16)7-10-19-13)15(2,3)18-8-5-6-9-18/h7,10,14,17H,4-6,8-9,11H2,1-3H3. The Bertz CT molecular complexity index is 397. The molecular formula is C15H25BrN2S. The summed E-state index contributed by atoms with van der Waals surface area (Å²) in [7, 11) is 0. The van der Waals surface area contributed by atoms with Crippen LogP contribution in [0.15, 0.2) is 15.9 Å². The highest BCUT2D eigenvalue weighted by molar-refractivity contribution is 9.10. The van der Waals surface area contributed by atoms with Crippen molar-refractivity contribution in [3.63, 3.8) is 0 Å². The van der Waals surface area contributed by atoms with Crippen LogP contribution in [-0.2, 0) is 6.42 Å². The average Bonchev–Trinajstić information content (AvgIpc) is 3.01. The first-order chi connectivity index (χ1) is 9.05. The van der Waals surface area contributed by atoms with Crippen molar-refractivity contribution in [2.24, 2.45) is 0 Å². The lowest BCUT2D eigenvalue weighted by atomic mass is 9.89. The van der Waals surface area contributed by atoms with Crippen molar-refractivity contribution in [2.45, 2.75) is 51.6 Å². The second kappa shape index (κ2) is 6.70. The zero-order chi connectivity index (χ0) is 13.9. The fourth-order valence-corrected chi connectivity index (χ4v) is 4.55. The van der Waals surface area contributed by atoms with E-state index >= 15 is 0 Å². The third-order valence-electron chi connectivity index (χ3n) is 4.30. The van der Waals surface area contributed by atoms with E-state index in [0.29, 0.717) is 6.04 Å². The van der Waals surface area contributed by atoms with E-state index in [4.69, 9.17) is 0 Å².